The zero-order chi connectivity index (χ0) is 20.9. The van der Waals surface area contributed by atoms with Gasteiger partial charge in [0, 0.05) is 6.08 Å². The fraction of sp³-hybridized carbons (Fsp3) is 0.346. The van der Waals surface area contributed by atoms with Crippen LogP contribution < -0.4 is 0 Å². The maximum atomic E-state index is 11.9. The van der Waals surface area contributed by atoms with Crippen molar-refractivity contribution in [3.05, 3.63) is 76.9 Å². The Morgan fingerprint density at radius 2 is 1.45 bits per heavy atom. The number of allylic oxidation sites excluding steroid dienone is 1. The molecular weight excluding hydrogens is 360 g/mol. The van der Waals surface area contributed by atoms with Crippen LogP contribution in [0.1, 0.15) is 69.6 Å². The van der Waals surface area contributed by atoms with Gasteiger partial charge in [-0.3, -0.25) is 0 Å². The fourth-order valence-electron chi connectivity index (χ4n) is 3.69. The molecule has 1 aliphatic rings. The second kappa shape index (κ2) is 9.13. The summed E-state index contributed by atoms with van der Waals surface area (Å²) in [7, 11) is 0. The molecule has 2 aromatic carbocycles. The third-order valence-electron chi connectivity index (χ3n) is 4.98. The Morgan fingerprint density at radius 3 is 2.00 bits per heavy atom. The van der Waals surface area contributed by atoms with E-state index >= 15 is 0 Å². The first-order chi connectivity index (χ1) is 13.8. The Bertz CT molecular complexity index is 886. The third kappa shape index (κ3) is 6.08. The molecule has 0 radical (unpaired) electrons. The van der Waals surface area contributed by atoms with E-state index in [1.165, 1.54) is 42.0 Å². The van der Waals surface area contributed by atoms with Crippen molar-refractivity contribution in [3.8, 4) is 5.75 Å². The predicted molar refractivity (Wildman–Crippen MR) is 119 cm³/mol. The van der Waals surface area contributed by atoms with Gasteiger partial charge in [-0.2, -0.15) is 0 Å². The van der Waals surface area contributed by atoms with E-state index < -0.39 is 5.60 Å². The highest BCUT2D eigenvalue weighted by Gasteiger charge is 2.16. The quantitative estimate of drug-likeness (QED) is 0.478. The van der Waals surface area contributed by atoms with E-state index in [0.717, 1.165) is 24.0 Å². The highest BCUT2D eigenvalue weighted by Crippen LogP contribution is 2.35. The number of aromatic hydroxyl groups is 1. The van der Waals surface area contributed by atoms with Crippen molar-refractivity contribution in [2.45, 2.75) is 58.5 Å². The van der Waals surface area contributed by atoms with Crippen molar-refractivity contribution in [1.29, 1.82) is 0 Å². The Labute approximate surface area is 173 Å². The molecule has 3 rings (SSSR count). The standard InChI is InChI=1S/C26H30O3/c1-26(2,3)29-24(28)18-11-19-9-12-21(13-10-19)25(20-7-5-4-6-8-20)22-14-16-23(27)17-15-22/h9-18,27H,4-8H2,1-3H3. The van der Waals surface area contributed by atoms with Crippen LogP contribution in [0.25, 0.3) is 11.6 Å². The smallest absolute Gasteiger partial charge is 0.331 e. The lowest BCUT2D eigenvalue weighted by molar-refractivity contribution is -0.148. The Morgan fingerprint density at radius 1 is 0.897 bits per heavy atom. The van der Waals surface area contributed by atoms with Crippen molar-refractivity contribution in [3.63, 3.8) is 0 Å². The molecule has 1 saturated carbocycles. The highest BCUT2D eigenvalue weighted by molar-refractivity contribution is 5.88. The molecule has 3 nitrogen and oxygen atoms in total. The van der Waals surface area contributed by atoms with Crippen LogP contribution in [-0.4, -0.2) is 16.7 Å². The van der Waals surface area contributed by atoms with Crippen molar-refractivity contribution in [2.75, 3.05) is 0 Å². The Kier molecular flexibility index (Phi) is 6.58. The van der Waals surface area contributed by atoms with Crippen molar-refractivity contribution < 1.29 is 14.6 Å². The minimum absolute atomic E-state index is 0.282. The number of carbonyl (C=O) groups is 1. The maximum absolute atomic E-state index is 11.9. The number of hydrogen-bond acceptors (Lipinski definition) is 3. The van der Waals surface area contributed by atoms with Gasteiger partial charge in [0.2, 0.25) is 0 Å². The summed E-state index contributed by atoms with van der Waals surface area (Å²) < 4.78 is 5.31. The second-order valence-corrected chi connectivity index (χ2v) is 8.57. The molecule has 1 aliphatic carbocycles. The number of hydrogen-bond donors (Lipinski definition) is 1. The zero-order valence-electron chi connectivity index (χ0n) is 17.6. The van der Waals surface area contributed by atoms with E-state index in [4.69, 9.17) is 4.74 Å². The Balaban J connectivity index is 1.86. The third-order valence-corrected chi connectivity index (χ3v) is 4.98. The van der Waals surface area contributed by atoms with Crippen LogP contribution >= 0.6 is 0 Å². The molecule has 29 heavy (non-hydrogen) atoms. The molecule has 0 amide bonds. The lowest BCUT2D eigenvalue weighted by Crippen LogP contribution is -2.22. The lowest BCUT2D eigenvalue weighted by atomic mass is 9.85. The average molecular weight is 391 g/mol. The molecule has 0 atom stereocenters. The molecule has 0 heterocycles. The number of ether oxygens (including phenoxy) is 1. The highest BCUT2D eigenvalue weighted by atomic mass is 16.6. The van der Waals surface area contributed by atoms with Gasteiger partial charge in [0.25, 0.3) is 0 Å². The predicted octanol–water partition coefficient (Wildman–Crippen LogP) is 6.51. The minimum Gasteiger partial charge on any atom is -0.508 e. The number of phenols is 1. The number of benzene rings is 2. The van der Waals surface area contributed by atoms with Crippen LogP contribution in [0.3, 0.4) is 0 Å². The molecule has 0 bridgehead atoms. The molecule has 1 N–H and O–H groups in total. The van der Waals surface area contributed by atoms with E-state index in [0.29, 0.717) is 0 Å². The number of esters is 1. The van der Waals surface area contributed by atoms with Crippen molar-refractivity contribution in [2.24, 2.45) is 0 Å². The average Bonchev–Trinajstić information content (AvgIpc) is 2.69. The van der Waals surface area contributed by atoms with Crippen molar-refractivity contribution in [1.82, 2.24) is 0 Å². The molecule has 3 heteroatoms. The van der Waals surface area contributed by atoms with E-state index in [1.807, 2.05) is 45.0 Å². The zero-order valence-corrected chi connectivity index (χ0v) is 17.6. The van der Waals surface area contributed by atoms with Crippen molar-refractivity contribution >= 4 is 17.6 Å². The minimum atomic E-state index is -0.490. The first-order valence-corrected chi connectivity index (χ1v) is 10.3. The number of rotatable bonds is 4. The summed E-state index contributed by atoms with van der Waals surface area (Å²) >= 11 is 0. The summed E-state index contributed by atoms with van der Waals surface area (Å²) in [6, 6.07) is 15.7. The summed E-state index contributed by atoms with van der Waals surface area (Å²) in [5.74, 6) is -0.0555. The molecule has 0 aromatic heterocycles. The largest absolute Gasteiger partial charge is 0.508 e. The number of phenolic OH excluding ortho intramolecular Hbond substituents is 1. The second-order valence-electron chi connectivity index (χ2n) is 8.57. The fourth-order valence-corrected chi connectivity index (χ4v) is 3.69. The lowest BCUT2D eigenvalue weighted by Gasteiger charge is -2.20. The molecule has 0 unspecified atom stereocenters. The van der Waals surface area contributed by atoms with E-state index in [-0.39, 0.29) is 11.7 Å². The first-order valence-electron chi connectivity index (χ1n) is 10.3. The molecular formula is C26H30O3. The Hall–Kier alpha value is -2.81. The van der Waals surface area contributed by atoms with Crippen LogP contribution in [0.15, 0.2) is 60.2 Å². The van der Waals surface area contributed by atoms with Crippen LogP contribution in [0, 0.1) is 0 Å². The molecule has 2 aromatic rings. The first kappa shape index (κ1) is 20.9. The summed E-state index contributed by atoms with van der Waals surface area (Å²) in [6.45, 7) is 5.57. The van der Waals surface area contributed by atoms with Gasteiger partial charge >= 0.3 is 5.97 Å². The van der Waals surface area contributed by atoms with Crippen LogP contribution in [0.5, 0.6) is 5.75 Å². The summed E-state index contributed by atoms with van der Waals surface area (Å²) in [6.07, 6.45) is 9.25. The summed E-state index contributed by atoms with van der Waals surface area (Å²) in [5, 5.41) is 9.67. The maximum Gasteiger partial charge on any atom is 0.331 e. The molecule has 152 valence electrons. The van der Waals surface area contributed by atoms with Gasteiger partial charge in [0.05, 0.1) is 0 Å². The number of carbonyl (C=O) groups excluding carboxylic acids is 1. The van der Waals surface area contributed by atoms with Crippen LogP contribution in [0.2, 0.25) is 0 Å². The van der Waals surface area contributed by atoms with Gasteiger partial charge in [-0.25, -0.2) is 4.79 Å². The van der Waals surface area contributed by atoms with Gasteiger partial charge in [-0.05, 0) is 86.9 Å². The SMILES string of the molecule is CC(C)(C)OC(=O)C=Cc1ccc(C(=C2CCCCC2)c2ccc(O)cc2)cc1. The van der Waals surface area contributed by atoms with Crippen LogP contribution in [-0.2, 0) is 9.53 Å². The van der Waals surface area contributed by atoms with E-state index in [2.05, 4.69) is 12.1 Å². The molecule has 0 spiro atoms. The van der Waals surface area contributed by atoms with Gasteiger partial charge in [0.1, 0.15) is 11.4 Å². The topological polar surface area (TPSA) is 46.5 Å². The molecule has 1 fully saturated rings. The molecule has 0 aliphatic heterocycles. The van der Waals surface area contributed by atoms with E-state index in [9.17, 15) is 9.90 Å². The van der Waals surface area contributed by atoms with Crippen LogP contribution in [0.4, 0.5) is 0 Å². The summed E-state index contributed by atoms with van der Waals surface area (Å²) in [4.78, 5) is 11.9. The normalized spacial score (nSPS) is 14.8. The van der Waals surface area contributed by atoms with Gasteiger partial charge in [-0.1, -0.05) is 48.4 Å². The van der Waals surface area contributed by atoms with Gasteiger partial charge in [-0.15, -0.1) is 0 Å². The van der Waals surface area contributed by atoms with E-state index in [1.54, 1.807) is 18.2 Å². The monoisotopic (exact) mass is 390 g/mol. The summed E-state index contributed by atoms with van der Waals surface area (Å²) in [5.41, 5.74) is 5.53. The van der Waals surface area contributed by atoms with Gasteiger partial charge in [0.15, 0.2) is 0 Å². The molecule has 0 saturated heterocycles. The van der Waals surface area contributed by atoms with Gasteiger partial charge < -0.3 is 9.84 Å².